The van der Waals surface area contributed by atoms with Crippen LogP contribution >= 0.6 is 0 Å². The SMILES string of the molecule is CC1(C)CCC(C)(C)c2cc3c(cc21)-c1cc2c(c4c1B(c1cccc5c1N4c1cc4c(cc1C5(C)C)C(C)(C)CCC4(C)C)N3c1ccc(-c3ccccc3)cc1)C(C)(C)c1ccccc1-2. The predicted octanol–water partition coefficient (Wildman–Crippen LogP) is 15.7. The summed E-state index contributed by atoms with van der Waals surface area (Å²) in [5.74, 6) is 0. The highest BCUT2D eigenvalue weighted by molar-refractivity contribution is 6.93. The second-order valence-electron chi connectivity index (χ2n) is 25.0. The summed E-state index contributed by atoms with van der Waals surface area (Å²) in [5, 5.41) is 0. The second-order valence-corrected chi connectivity index (χ2v) is 25.0. The van der Waals surface area contributed by atoms with E-state index in [0.717, 1.165) is 0 Å². The molecular weight excluding hydrogens is 808 g/mol. The van der Waals surface area contributed by atoms with Crippen LogP contribution in [0.3, 0.4) is 0 Å². The van der Waals surface area contributed by atoms with Gasteiger partial charge in [-0.3, -0.25) is 0 Å². The maximum absolute atomic E-state index is 2.83. The normalized spacial score (nSPS) is 20.3. The Morgan fingerprint density at radius 1 is 0.388 bits per heavy atom. The number of benzene rings is 7. The molecule has 67 heavy (non-hydrogen) atoms. The van der Waals surface area contributed by atoms with Crippen LogP contribution in [0.2, 0.25) is 0 Å². The third-order valence-electron chi connectivity index (χ3n) is 18.5. The van der Waals surface area contributed by atoms with E-state index in [4.69, 9.17) is 0 Å². The molecule has 2 nitrogen and oxygen atoms in total. The molecule has 0 bridgehead atoms. The van der Waals surface area contributed by atoms with Crippen molar-refractivity contribution in [3.63, 3.8) is 0 Å². The van der Waals surface area contributed by atoms with Crippen LogP contribution in [-0.4, -0.2) is 6.85 Å². The van der Waals surface area contributed by atoms with Crippen molar-refractivity contribution in [1.29, 1.82) is 0 Å². The Morgan fingerprint density at radius 3 is 1.60 bits per heavy atom. The minimum Gasteiger partial charge on any atom is -0.376 e. The average molecular weight is 873 g/mol. The first kappa shape index (κ1) is 41.4. The molecule has 0 saturated heterocycles. The Kier molecular flexibility index (Phi) is 8.06. The van der Waals surface area contributed by atoms with Crippen LogP contribution in [0.15, 0.2) is 127 Å². The van der Waals surface area contributed by atoms with E-state index in [1.165, 1.54) is 143 Å². The van der Waals surface area contributed by atoms with Gasteiger partial charge in [0.1, 0.15) is 0 Å². The van der Waals surface area contributed by atoms with Gasteiger partial charge in [-0.05, 0) is 167 Å². The van der Waals surface area contributed by atoms with Crippen molar-refractivity contribution in [2.75, 3.05) is 9.71 Å². The number of nitrogens with zero attached hydrogens (tertiary/aromatic N) is 2. The summed E-state index contributed by atoms with van der Waals surface area (Å²) in [5.41, 5.74) is 29.2. The number of rotatable bonds is 2. The Bertz CT molecular complexity index is 3310. The van der Waals surface area contributed by atoms with E-state index in [0.29, 0.717) is 0 Å². The standard InChI is InChI=1S/C64H65BN2/c1-59(2)29-31-61(5,6)49-36-53-42(34-47(49)59)44-33-43-41-21-16-17-22-45(41)64(11,12)55(43)58-56(44)65(67(53)40-27-25-39(26-28-40)38-19-14-13-15-20-38)52-24-18-23-46-57(52)66(58)54-37-50-48(35-51(54)63(46,9)10)60(3,4)30-32-62(50,7)8/h13-28,33-37H,29-32H2,1-12H3. The smallest absolute Gasteiger partial charge is 0.333 e. The third kappa shape index (κ3) is 5.35. The summed E-state index contributed by atoms with van der Waals surface area (Å²) in [7, 11) is 0. The topological polar surface area (TPSA) is 6.48 Å². The maximum Gasteiger partial charge on any atom is 0.333 e. The zero-order valence-electron chi connectivity index (χ0n) is 41.9. The molecule has 0 N–H and O–H groups in total. The Labute approximate surface area is 400 Å². The van der Waals surface area contributed by atoms with Crippen molar-refractivity contribution in [3.05, 3.63) is 172 Å². The lowest BCUT2D eigenvalue weighted by Gasteiger charge is -2.53. The zero-order valence-corrected chi connectivity index (χ0v) is 41.9. The molecule has 13 rings (SSSR count). The van der Waals surface area contributed by atoms with Crippen molar-refractivity contribution in [1.82, 2.24) is 0 Å². The summed E-state index contributed by atoms with van der Waals surface area (Å²) in [6.07, 6.45) is 4.74. The van der Waals surface area contributed by atoms with Gasteiger partial charge in [0.05, 0.1) is 5.69 Å². The van der Waals surface area contributed by atoms with Crippen LogP contribution in [0.5, 0.6) is 0 Å². The molecule has 6 aliphatic rings. The van der Waals surface area contributed by atoms with Crippen molar-refractivity contribution in [2.45, 2.75) is 141 Å². The van der Waals surface area contributed by atoms with Gasteiger partial charge in [-0.15, -0.1) is 0 Å². The van der Waals surface area contributed by atoms with Gasteiger partial charge in [0, 0.05) is 39.1 Å². The van der Waals surface area contributed by atoms with Crippen LogP contribution in [0, 0.1) is 0 Å². The summed E-state index contributed by atoms with van der Waals surface area (Å²) in [4.78, 5) is 5.61. The first-order chi connectivity index (χ1) is 31.7. The molecule has 0 spiro atoms. The lowest BCUT2D eigenvalue weighted by Crippen LogP contribution is -2.63. The molecule has 0 atom stereocenters. The molecule has 0 saturated carbocycles. The highest BCUT2D eigenvalue weighted by Gasteiger charge is 2.54. The number of fused-ring (bicyclic) bond motifs is 12. The van der Waals surface area contributed by atoms with Gasteiger partial charge in [-0.25, -0.2) is 0 Å². The van der Waals surface area contributed by atoms with Gasteiger partial charge >= 0.3 is 6.85 Å². The molecule has 3 heterocycles. The summed E-state index contributed by atoms with van der Waals surface area (Å²) in [6, 6.07) is 50.4. The number of hydrogen-bond donors (Lipinski definition) is 0. The van der Waals surface area contributed by atoms with Gasteiger partial charge in [-0.1, -0.05) is 174 Å². The minimum absolute atomic E-state index is 0.0551. The van der Waals surface area contributed by atoms with Gasteiger partial charge in [0.15, 0.2) is 0 Å². The monoisotopic (exact) mass is 873 g/mol. The molecule has 0 unspecified atom stereocenters. The molecule has 0 aromatic heterocycles. The van der Waals surface area contributed by atoms with E-state index >= 15 is 0 Å². The summed E-state index contributed by atoms with van der Waals surface area (Å²) in [6.45, 7) is 29.9. The molecular formula is C64H65BN2. The van der Waals surface area contributed by atoms with Crippen LogP contribution < -0.4 is 20.6 Å². The first-order valence-corrected chi connectivity index (χ1v) is 25.3. The number of para-hydroxylation sites is 1. The van der Waals surface area contributed by atoms with Crippen LogP contribution in [0.4, 0.5) is 28.4 Å². The average Bonchev–Trinajstić information content (AvgIpc) is 3.54. The summed E-state index contributed by atoms with van der Waals surface area (Å²) < 4.78 is 0. The Balaban J connectivity index is 1.20. The molecule has 334 valence electrons. The molecule has 0 amide bonds. The van der Waals surface area contributed by atoms with E-state index in [-0.39, 0.29) is 39.3 Å². The molecule has 0 radical (unpaired) electrons. The fourth-order valence-electron chi connectivity index (χ4n) is 14.3. The van der Waals surface area contributed by atoms with Gasteiger partial charge in [0.2, 0.25) is 0 Å². The van der Waals surface area contributed by atoms with Crippen LogP contribution in [-0.2, 0) is 32.5 Å². The molecule has 7 aromatic rings. The van der Waals surface area contributed by atoms with E-state index < -0.39 is 0 Å². The molecule has 3 heteroatoms. The highest BCUT2D eigenvalue weighted by atomic mass is 15.2. The van der Waals surface area contributed by atoms with Crippen molar-refractivity contribution >= 4 is 46.2 Å². The van der Waals surface area contributed by atoms with Gasteiger partial charge in [0.25, 0.3) is 0 Å². The first-order valence-electron chi connectivity index (χ1n) is 25.3. The Hall–Kier alpha value is -5.80. The largest absolute Gasteiger partial charge is 0.376 e. The van der Waals surface area contributed by atoms with Crippen molar-refractivity contribution in [3.8, 4) is 33.4 Å². The molecule has 7 aromatic carbocycles. The van der Waals surface area contributed by atoms with Gasteiger partial charge < -0.3 is 9.71 Å². The van der Waals surface area contributed by atoms with Crippen LogP contribution in [0.25, 0.3) is 33.4 Å². The van der Waals surface area contributed by atoms with E-state index in [1.54, 1.807) is 0 Å². The molecule has 3 aliphatic heterocycles. The third-order valence-corrected chi connectivity index (χ3v) is 18.5. The number of anilines is 5. The van der Waals surface area contributed by atoms with Gasteiger partial charge in [-0.2, -0.15) is 0 Å². The van der Waals surface area contributed by atoms with E-state index in [9.17, 15) is 0 Å². The maximum atomic E-state index is 2.83. The summed E-state index contributed by atoms with van der Waals surface area (Å²) >= 11 is 0. The van der Waals surface area contributed by atoms with E-state index in [1.807, 2.05) is 0 Å². The lowest BCUT2D eigenvalue weighted by atomic mass is 9.42. The quantitative estimate of drug-likeness (QED) is 0.160. The van der Waals surface area contributed by atoms with E-state index in [2.05, 4.69) is 220 Å². The predicted molar refractivity (Wildman–Crippen MR) is 286 cm³/mol. The fraction of sp³-hybridized carbons (Fsp3) is 0.344. The molecule has 3 aliphatic carbocycles. The van der Waals surface area contributed by atoms with Crippen LogP contribution in [0.1, 0.15) is 153 Å². The second kappa shape index (κ2) is 13.0. The fourth-order valence-corrected chi connectivity index (χ4v) is 14.3. The van der Waals surface area contributed by atoms with Crippen molar-refractivity contribution < 1.29 is 0 Å². The number of hydrogen-bond acceptors (Lipinski definition) is 2. The zero-order chi connectivity index (χ0) is 46.5. The highest BCUT2D eigenvalue weighted by Crippen LogP contribution is 2.63. The Morgan fingerprint density at radius 2 is 0.940 bits per heavy atom. The minimum atomic E-state index is -0.236. The van der Waals surface area contributed by atoms with Crippen molar-refractivity contribution in [2.24, 2.45) is 0 Å². The molecule has 0 fully saturated rings. The lowest BCUT2D eigenvalue weighted by molar-refractivity contribution is 0.331.